The largest absolute Gasteiger partial charge is 0.393 e. The second-order valence-electron chi connectivity index (χ2n) is 6.63. The highest BCUT2D eigenvalue weighted by Crippen LogP contribution is 2.22. The van der Waals surface area contributed by atoms with Gasteiger partial charge in [-0.1, -0.05) is 37.3 Å². The third kappa shape index (κ3) is 5.24. The Labute approximate surface area is 139 Å². The summed E-state index contributed by atoms with van der Waals surface area (Å²) in [6.07, 6.45) is 4.72. The Hall–Kier alpha value is -1.55. The van der Waals surface area contributed by atoms with E-state index >= 15 is 0 Å². The van der Waals surface area contributed by atoms with Crippen LogP contribution in [-0.4, -0.2) is 41.3 Å². The first-order chi connectivity index (χ1) is 11.1. The van der Waals surface area contributed by atoms with Crippen molar-refractivity contribution in [1.29, 1.82) is 0 Å². The number of hydrogen-bond acceptors (Lipinski definition) is 2. The second-order valence-corrected chi connectivity index (χ2v) is 6.63. The summed E-state index contributed by atoms with van der Waals surface area (Å²) in [5.41, 5.74) is 1.17. The van der Waals surface area contributed by atoms with Gasteiger partial charge in [-0.05, 0) is 44.6 Å². The average molecular weight is 318 g/mol. The minimum absolute atomic E-state index is 0.0445. The lowest BCUT2D eigenvalue weighted by atomic mass is 9.93. The summed E-state index contributed by atoms with van der Waals surface area (Å²) in [7, 11) is 0. The Morgan fingerprint density at radius 2 is 2.09 bits per heavy atom. The van der Waals surface area contributed by atoms with Crippen molar-refractivity contribution in [1.82, 2.24) is 10.2 Å². The van der Waals surface area contributed by atoms with Crippen molar-refractivity contribution in [3.63, 3.8) is 0 Å². The Kier molecular flexibility index (Phi) is 6.90. The van der Waals surface area contributed by atoms with Gasteiger partial charge >= 0.3 is 6.03 Å². The number of nitrogens with zero attached hydrogens (tertiary/aromatic N) is 1. The van der Waals surface area contributed by atoms with Crippen LogP contribution in [-0.2, 0) is 0 Å². The van der Waals surface area contributed by atoms with E-state index in [1.165, 1.54) is 12.0 Å². The summed E-state index contributed by atoms with van der Waals surface area (Å²) in [5.74, 6) is 0.144. The molecule has 1 fully saturated rings. The summed E-state index contributed by atoms with van der Waals surface area (Å²) >= 11 is 0. The molecule has 3 atom stereocenters. The highest BCUT2D eigenvalue weighted by molar-refractivity contribution is 5.74. The maximum atomic E-state index is 12.5. The summed E-state index contributed by atoms with van der Waals surface area (Å²) in [4.78, 5) is 14.5. The van der Waals surface area contributed by atoms with Crippen LogP contribution in [0.15, 0.2) is 30.3 Å². The maximum Gasteiger partial charge on any atom is 0.317 e. The number of urea groups is 1. The molecule has 1 heterocycles. The average Bonchev–Trinajstić information content (AvgIpc) is 2.58. The van der Waals surface area contributed by atoms with Crippen molar-refractivity contribution in [2.24, 2.45) is 0 Å². The second kappa shape index (κ2) is 8.92. The Balaban J connectivity index is 1.96. The van der Waals surface area contributed by atoms with E-state index in [0.717, 1.165) is 25.8 Å². The monoisotopic (exact) mass is 318 g/mol. The van der Waals surface area contributed by atoms with E-state index in [4.69, 9.17) is 0 Å². The lowest BCUT2D eigenvalue weighted by molar-refractivity contribution is 0.145. The van der Waals surface area contributed by atoms with Crippen molar-refractivity contribution in [3.05, 3.63) is 35.9 Å². The molecule has 0 aliphatic carbocycles. The SMILES string of the molecule is CCC1CCCCN1C(=O)NCC(CC(C)O)c1ccccc1. The molecule has 4 heteroatoms. The number of rotatable bonds is 6. The van der Waals surface area contributed by atoms with Crippen LogP contribution in [0.4, 0.5) is 4.79 Å². The fraction of sp³-hybridized carbons (Fsp3) is 0.632. The van der Waals surface area contributed by atoms with Gasteiger partial charge in [-0.2, -0.15) is 0 Å². The molecule has 0 aromatic heterocycles. The number of carbonyl (C=O) groups excluding carboxylic acids is 1. The molecule has 128 valence electrons. The quantitative estimate of drug-likeness (QED) is 0.843. The van der Waals surface area contributed by atoms with Crippen molar-refractivity contribution < 1.29 is 9.90 Å². The van der Waals surface area contributed by atoms with Gasteiger partial charge in [-0.25, -0.2) is 4.79 Å². The molecule has 2 amide bonds. The molecule has 1 aliphatic heterocycles. The molecule has 3 unspecified atom stereocenters. The van der Waals surface area contributed by atoms with Crippen LogP contribution in [0.3, 0.4) is 0 Å². The fourth-order valence-electron chi connectivity index (χ4n) is 3.48. The van der Waals surface area contributed by atoms with Gasteiger partial charge in [0.25, 0.3) is 0 Å². The smallest absolute Gasteiger partial charge is 0.317 e. The van der Waals surface area contributed by atoms with Crippen molar-refractivity contribution >= 4 is 6.03 Å². The minimum atomic E-state index is -0.379. The summed E-state index contributed by atoms with van der Waals surface area (Å²) in [6, 6.07) is 10.5. The minimum Gasteiger partial charge on any atom is -0.393 e. The van der Waals surface area contributed by atoms with Crippen LogP contribution in [0.2, 0.25) is 0 Å². The molecule has 1 aliphatic rings. The molecule has 1 aromatic rings. The van der Waals surface area contributed by atoms with E-state index in [9.17, 15) is 9.90 Å². The number of nitrogens with one attached hydrogen (secondary N) is 1. The highest BCUT2D eigenvalue weighted by atomic mass is 16.3. The van der Waals surface area contributed by atoms with Crippen LogP contribution in [0.1, 0.15) is 57.4 Å². The van der Waals surface area contributed by atoms with Crippen LogP contribution in [0, 0.1) is 0 Å². The molecule has 23 heavy (non-hydrogen) atoms. The Bertz CT molecular complexity index is 476. The van der Waals surface area contributed by atoms with Crippen molar-refractivity contribution in [2.75, 3.05) is 13.1 Å². The van der Waals surface area contributed by atoms with Crippen LogP contribution < -0.4 is 5.32 Å². The predicted molar refractivity (Wildman–Crippen MR) is 93.5 cm³/mol. The highest BCUT2D eigenvalue weighted by Gasteiger charge is 2.25. The van der Waals surface area contributed by atoms with Gasteiger partial charge in [0.15, 0.2) is 0 Å². The van der Waals surface area contributed by atoms with E-state index in [1.54, 1.807) is 6.92 Å². The molecule has 2 rings (SSSR count). The van der Waals surface area contributed by atoms with Gasteiger partial charge in [0.1, 0.15) is 0 Å². The zero-order valence-electron chi connectivity index (χ0n) is 14.4. The molecule has 1 aromatic carbocycles. The molecule has 2 N–H and O–H groups in total. The van der Waals surface area contributed by atoms with Gasteiger partial charge in [-0.3, -0.25) is 0 Å². The van der Waals surface area contributed by atoms with E-state index in [0.29, 0.717) is 19.0 Å². The number of aliphatic hydroxyl groups is 1. The molecule has 4 nitrogen and oxygen atoms in total. The summed E-state index contributed by atoms with van der Waals surface area (Å²) in [6.45, 7) is 5.38. The third-order valence-electron chi connectivity index (χ3n) is 4.76. The number of piperidine rings is 1. The van der Waals surface area contributed by atoms with E-state index in [2.05, 4.69) is 24.4 Å². The van der Waals surface area contributed by atoms with Gasteiger partial charge in [0.05, 0.1) is 6.10 Å². The first kappa shape index (κ1) is 17.8. The summed E-state index contributed by atoms with van der Waals surface area (Å²) < 4.78 is 0. The van der Waals surface area contributed by atoms with Gasteiger partial charge in [0, 0.05) is 25.0 Å². The number of amides is 2. The zero-order valence-corrected chi connectivity index (χ0v) is 14.4. The molecule has 1 saturated heterocycles. The number of likely N-dealkylation sites (tertiary alicyclic amines) is 1. The first-order valence-corrected chi connectivity index (χ1v) is 8.89. The Morgan fingerprint density at radius 3 is 2.74 bits per heavy atom. The lowest BCUT2D eigenvalue weighted by Crippen LogP contribution is -2.49. The van der Waals surface area contributed by atoms with Crippen molar-refractivity contribution in [3.8, 4) is 0 Å². The maximum absolute atomic E-state index is 12.5. The number of hydrogen-bond donors (Lipinski definition) is 2. The summed E-state index contributed by atoms with van der Waals surface area (Å²) in [5, 5.41) is 12.9. The van der Waals surface area contributed by atoms with Crippen LogP contribution in [0.5, 0.6) is 0 Å². The predicted octanol–water partition coefficient (Wildman–Crippen LogP) is 3.52. The van der Waals surface area contributed by atoms with E-state index < -0.39 is 0 Å². The normalized spacial score (nSPS) is 20.8. The number of aliphatic hydroxyl groups excluding tert-OH is 1. The van der Waals surface area contributed by atoms with E-state index in [1.807, 2.05) is 23.1 Å². The van der Waals surface area contributed by atoms with Gasteiger partial charge in [0.2, 0.25) is 0 Å². The van der Waals surface area contributed by atoms with Crippen LogP contribution >= 0.6 is 0 Å². The standard InChI is InChI=1S/C19H30N2O2/c1-3-18-11-7-8-12-21(18)19(23)20-14-17(13-15(2)22)16-9-5-4-6-10-16/h4-6,9-10,15,17-18,22H,3,7-8,11-14H2,1-2H3,(H,20,23). The number of carbonyl (C=O) groups is 1. The fourth-order valence-corrected chi connectivity index (χ4v) is 3.48. The Morgan fingerprint density at radius 1 is 1.35 bits per heavy atom. The van der Waals surface area contributed by atoms with Gasteiger partial charge in [-0.15, -0.1) is 0 Å². The molecule has 0 saturated carbocycles. The van der Waals surface area contributed by atoms with Crippen LogP contribution in [0.25, 0.3) is 0 Å². The van der Waals surface area contributed by atoms with E-state index in [-0.39, 0.29) is 18.1 Å². The third-order valence-corrected chi connectivity index (χ3v) is 4.76. The molecular formula is C19H30N2O2. The first-order valence-electron chi connectivity index (χ1n) is 8.89. The molecular weight excluding hydrogens is 288 g/mol. The molecule has 0 bridgehead atoms. The van der Waals surface area contributed by atoms with Gasteiger partial charge < -0.3 is 15.3 Å². The number of benzene rings is 1. The molecule has 0 spiro atoms. The molecule has 0 radical (unpaired) electrons. The van der Waals surface area contributed by atoms with Crippen molar-refractivity contribution in [2.45, 2.75) is 64.0 Å². The lowest BCUT2D eigenvalue weighted by Gasteiger charge is -2.35. The zero-order chi connectivity index (χ0) is 16.7. The topological polar surface area (TPSA) is 52.6 Å².